The van der Waals surface area contributed by atoms with E-state index in [-0.39, 0.29) is 0 Å². The summed E-state index contributed by atoms with van der Waals surface area (Å²) in [6.07, 6.45) is 0. The smallest absolute Gasteiger partial charge is 0.271 e. The molecule has 0 aliphatic rings. The van der Waals surface area contributed by atoms with Crippen molar-refractivity contribution in [3.05, 3.63) is 35.2 Å². The van der Waals surface area contributed by atoms with E-state index in [0.29, 0.717) is 16.9 Å². The molecule has 0 aliphatic carbocycles. The number of aromatic nitrogens is 1. The Balaban J connectivity index is 2.09. The van der Waals surface area contributed by atoms with Gasteiger partial charge >= 0.3 is 0 Å². The maximum absolute atomic E-state index is 5.62. The van der Waals surface area contributed by atoms with Crippen molar-refractivity contribution in [2.24, 2.45) is 0 Å². The minimum absolute atomic E-state index is 0.350. The fraction of sp³-hybridized carbons (Fsp3) is 0.231. The van der Waals surface area contributed by atoms with Crippen molar-refractivity contribution in [2.75, 3.05) is 19.1 Å². The van der Waals surface area contributed by atoms with E-state index in [1.807, 2.05) is 37.6 Å². The quantitative estimate of drug-likeness (QED) is 0.812. The summed E-state index contributed by atoms with van der Waals surface area (Å²) >= 11 is 6.78. The van der Waals surface area contributed by atoms with Crippen LogP contribution in [0.1, 0.15) is 5.56 Å². The lowest BCUT2D eigenvalue weighted by Gasteiger charge is -2.18. The van der Waals surface area contributed by atoms with Crippen LogP contribution < -0.4 is 14.4 Å². The number of rotatable bonds is 3. The first-order valence-corrected chi connectivity index (χ1v) is 6.90. The Morgan fingerprint density at radius 3 is 2.84 bits per heavy atom. The van der Waals surface area contributed by atoms with Crippen molar-refractivity contribution in [1.82, 2.24) is 4.98 Å². The van der Waals surface area contributed by atoms with Crippen molar-refractivity contribution >= 4 is 34.5 Å². The number of aryl methyl sites for hydroxylation is 1. The lowest BCUT2D eigenvalue weighted by molar-refractivity contribution is 0.398. The van der Waals surface area contributed by atoms with Crippen LogP contribution in [0.3, 0.4) is 0 Å². The van der Waals surface area contributed by atoms with Crippen LogP contribution in [0.25, 0.3) is 0 Å². The molecule has 0 aromatic carbocycles. The number of hydrogen-bond acceptors (Lipinski definition) is 5. The molecule has 2 heterocycles. The summed E-state index contributed by atoms with van der Waals surface area (Å²) in [6.45, 7) is 2.01. The minimum atomic E-state index is 0.350. The summed E-state index contributed by atoms with van der Waals surface area (Å²) in [5, 5.41) is 3.14. The van der Waals surface area contributed by atoms with Crippen LogP contribution in [0, 0.1) is 6.92 Å². The zero-order valence-corrected chi connectivity index (χ0v) is 12.5. The molecule has 100 valence electrons. The number of anilines is 1. The van der Waals surface area contributed by atoms with Gasteiger partial charge in [-0.05, 0) is 42.2 Å². The summed E-state index contributed by atoms with van der Waals surface area (Å²) in [5.74, 6) is 1.22. The number of pyridine rings is 1. The molecular weight excluding hydrogens is 280 g/mol. The Morgan fingerprint density at radius 2 is 2.21 bits per heavy atom. The molecular formula is C13H14N2O2S2. The number of ether oxygens (including phenoxy) is 2. The number of thiocarbonyl (C=S) groups is 1. The molecule has 19 heavy (non-hydrogen) atoms. The predicted octanol–water partition coefficient (Wildman–Crippen LogP) is 3.26. The fourth-order valence-corrected chi connectivity index (χ4v) is 2.40. The van der Waals surface area contributed by atoms with Gasteiger partial charge in [0.1, 0.15) is 5.82 Å². The Kier molecular flexibility index (Phi) is 4.34. The topological polar surface area (TPSA) is 34.6 Å². The zero-order chi connectivity index (χ0) is 13.8. The molecule has 0 fully saturated rings. The van der Waals surface area contributed by atoms with Gasteiger partial charge in [0.25, 0.3) is 5.17 Å². The highest BCUT2D eigenvalue weighted by Crippen LogP contribution is 2.24. The van der Waals surface area contributed by atoms with E-state index in [4.69, 9.17) is 21.7 Å². The van der Waals surface area contributed by atoms with Gasteiger partial charge in [-0.1, -0.05) is 6.07 Å². The van der Waals surface area contributed by atoms with Gasteiger partial charge in [0.2, 0.25) is 5.88 Å². The fourth-order valence-electron chi connectivity index (χ4n) is 1.41. The first-order valence-electron chi connectivity index (χ1n) is 5.62. The molecule has 0 bridgehead atoms. The standard InChI is InChI=1S/C13H14N2O2S2/c1-9-7-12(19-8-9)17-13(18)15(2)10-5-4-6-11(14-10)16-3/h4-8H,1-3H3. The van der Waals surface area contributed by atoms with Crippen LogP contribution >= 0.6 is 23.6 Å². The van der Waals surface area contributed by atoms with E-state index in [0.717, 1.165) is 10.6 Å². The van der Waals surface area contributed by atoms with Gasteiger partial charge < -0.3 is 9.47 Å². The van der Waals surface area contributed by atoms with Gasteiger partial charge in [-0.25, -0.2) is 0 Å². The molecule has 0 spiro atoms. The second-order valence-corrected chi connectivity index (χ2v) is 5.13. The van der Waals surface area contributed by atoms with E-state index >= 15 is 0 Å². The van der Waals surface area contributed by atoms with Crippen LogP contribution in [-0.4, -0.2) is 24.3 Å². The van der Waals surface area contributed by atoms with Crippen molar-refractivity contribution in [3.8, 4) is 10.9 Å². The van der Waals surface area contributed by atoms with E-state index in [9.17, 15) is 0 Å². The van der Waals surface area contributed by atoms with Crippen molar-refractivity contribution in [1.29, 1.82) is 0 Å². The van der Waals surface area contributed by atoms with Gasteiger partial charge in [0.15, 0.2) is 5.06 Å². The molecule has 0 atom stereocenters. The molecule has 4 nitrogen and oxygen atoms in total. The van der Waals surface area contributed by atoms with Crippen molar-refractivity contribution in [2.45, 2.75) is 6.92 Å². The van der Waals surface area contributed by atoms with E-state index in [1.54, 1.807) is 18.1 Å². The molecule has 0 aliphatic heterocycles. The Bertz CT molecular complexity index is 584. The second-order valence-electron chi connectivity index (χ2n) is 3.91. The summed E-state index contributed by atoms with van der Waals surface area (Å²) in [7, 11) is 3.39. The monoisotopic (exact) mass is 294 g/mol. The van der Waals surface area contributed by atoms with Gasteiger partial charge in [0.05, 0.1) is 7.11 Å². The third-order valence-electron chi connectivity index (χ3n) is 2.43. The molecule has 2 rings (SSSR count). The SMILES string of the molecule is COc1cccc(N(C)C(=S)Oc2cc(C)cs2)n1. The maximum Gasteiger partial charge on any atom is 0.271 e. The average molecular weight is 294 g/mol. The first kappa shape index (κ1) is 13.8. The molecule has 0 amide bonds. The largest absolute Gasteiger partial charge is 0.481 e. The molecule has 0 N–H and O–H groups in total. The van der Waals surface area contributed by atoms with Gasteiger partial charge in [-0.15, -0.1) is 11.3 Å². The summed E-state index contributed by atoms with van der Waals surface area (Å²) in [4.78, 5) is 6.00. The second kappa shape index (κ2) is 5.99. The molecule has 0 unspecified atom stereocenters. The van der Waals surface area contributed by atoms with E-state index in [1.165, 1.54) is 11.3 Å². The Labute approximate surface area is 121 Å². The molecule has 2 aromatic rings. The van der Waals surface area contributed by atoms with Crippen molar-refractivity contribution < 1.29 is 9.47 Å². The molecule has 0 radical (unpaired) electrons. The number of hydrogen-bond donors (Lipinski definition) is 0. The van der Waals surface area contributed by atoms with Crippen LogP contribution in [0.4, 0.5) is 5.82 Å². The lowest BCUT2D eigenvalue weighted by atomic mass is 10.4. The summed E-state index contributed by atoms with van der Waals surface area (Å²) in [5.41, 5.74) is 1.16. The predicted molar refractivity (Wildman–Crippen MR) is 81.5 cm³/mol. The molecule has 0 saturated carbocycles. The minimum Gasteiger partial charge on any atom is -0.481 e. The van der Waals surface area contributed by atoms with E-state index in [2.05, 4.69) is 4.98 Å². The van der Waals surface area contributed by atoms with Crippen molar-refractivity contribution in [3.63, 3.8) is 0 Å². The Hall–Kier alpha value is -1.66. The highest BCUT2D eigenvalue weighted by molar-refractivity contribution is 7.80. The first-order chi connectivity index (χ1) is 9.10. The van der Waals surface area contributed by atoms with E-state index < -0.39 is 0 Å². The third kappa shape index (κ3) is 3.42. The average Bonchev–Trinajstić information content (AvgIpc) is 2.83. The van der Waals surface area contributed by atoms with Crippen LogP contribution in [0.15, 0.2) is 29.6 Å². The maximum atomic E-state index is 5.62. The molecule has 2 aromatic heterocycles. The summed E-state index contributed by atoms with van der Waals surface area (Å²) < 4.78 is 10.7. The lowest BCUT2D eigenvalue weighted by Crippen LogP contribution is -2.29. The Morgan fingerprint density at radius 1 is 1.42 bits per heavy atom. The van der Waals surface area contributed by atoms with Crippen LogP contribution in [-0.2, 0) is 0 Å². The number of methoxy groups -OCH3 is 1. The normalized spacial score (nSPS) is 10.1. The van der Waals surface area contributed by atoms with Crippen LogP contribution in [0.2, 0.25) is 0 Å². The highest BCUT2D eigenvalue weighted by Gasteiger charge is 2.12. The van der Waals surface area contributed by atoms with Gasteiger partial charge in [-0.3, -0.25) is 4.90 Å². The number of nitrogens with zero attached hydrogens (tertiary/aromatic N) is 2. The highest BCUT2D eigenvalue weighted by atomic mass is 32.1. The third-order valence-corrected chi connectivity index (χ3v) is 3.71. The molecule has 6 heteroatoms. The summed E-state index contributed by atoms with van der Waals surface area (Å²) in [6, 6.07) is 7.43. The van der Waals surface area contributed by atoms with Gasteiger partial charge in [-0.2, -0.15) is 4.98 Å². The molecule has 0 saturated heterocycles. The number of thiophene rings is 1. The van der Waals surface area contributed by atoms with Gasteiger partial charge in [0, 0.05) is 13.1 Å². The van der Waals surface area contributed by atoms with Crippen LogP contribution in [0.5, 0.6) is 10.9 Å². The zero-order valence-electron chi connectivity index (χ0n) is 10.9.